The lowest BCUT2D eigenvalue weighted by Crippen LogP contribution is -2.59. The SMILES string of the molecule is COC(=O)[C@H](Cc1ccccc1)NC(=O)[C@@H]1CC(=O)N1. The van der Waals surface area contributed by atoms with Gasteiger partial charge in [0, 0.05) is 6.42 Å². The zero-order valence-electron chi connectivity index (χ0n) is 11.1. The number of rotatable bonds is 5. The molecule has 1 heterocycles. The van der Waals surface area contributed by atoms with Crippen LogP contribution >= 0.6 is 0 Å². The van der Waals surface area contributed by atoms with Gasteiger partial charge in [0.05, 0.1) is 13.5 Å². The minimum Gasteiger partial charge on any atom is -0.467 e. The van der Waals surface area contributed by atoms with Crippen LogP contribution in [0.4, 0.5) is 0 Å². The van der Waals surface area contributed by atoms with Gasteiger partial charge in [-0.1, -0.05) is 30.3 Å². The zero-order valence-corrected chi connectivity index (χ0v) is 11.1. The second-order valence-electron chi connectivity index (χ2n) is 4.60. The summed E-state index contributed by atoms with van der Waals surface area (Å²) in [5.74, 6) is -1.04. The number of ether oxygens (including phenoxy) is 1. The molecule has 20 heavy (non-hydrogen) atoms. The van der Waals surface area contributed by atoms with Crippen molar-refractivity contribution in [2.24, 2.45) is 0 Å². The van der Waals surface area contributed by atoms with E-state index in [1.807, 2.05) is 30.3 Å². The summed E-state index contributed by atoms with van der Waals surface area (Å²) in [5.41, 5.74) is 0.917. The highest BCUT2D eigenvalue weighted by Crippen LogP contribution is 2.08. The van der Waals surface area contributed by atoms with Crippen molar-refractivity contribution in [1.29, 1.82) is 0 Å². The van der Waals surface area contributed by atoms with Crippen molar-refractivity contribution in [3.05, 3.63) is 35.9 Å². The highest BCUT2D eigenvalue weighted by atomic mass is 16.5. The van der Waals surface area contributed by atoms with Crippen molar-refractivity contribution < 1.29 is 19.1 Å². The molecular formula is C14H16N2O4. The van der Waals surface area contributed by atoms with Crippen molar-refractivity contribution in [1.82, 2.24) is 10.6 Å². The standard InChI is InChI=1S/C14H16N2O4/c1-20-14(19)11(7-9-5-3-2-4-6-9)16-13(18)10-8-12(17)15-10/h2-6,10-11H,7-8H2,1H3,(H,15,17)(H,16,18)/t10-,11-/m0/s1. The maximum Gasteiger partial charge on any atom is 0.328 e. The number of benzene rings is 1. The van der Waals surface area contributed by atoms with E-state index in [0.717, 1.165) is 5.56 Å². The van der Waals surface area contributed by atoms with Gasteiger partial charge in [-0.25, -0.2) is 4.79 Å². The van der Waals surface area contributed by atoms with Crippen LogP contribution in [-0.2, 0) is 25.5 Å². The highest BCUT2D eigenvalue weighted by molar-refractivity contribution is 5.98. The van der Waals surface area contributed by atoms with Gasteiger partial charge in [0.1, 0.15) is 12.1 Å². The fourth-order valence-corrected chi connectivity index (χ4v) is 1.97. The highest BCUT2D eigenvalue weighted by Gasteiger charge is 2.34. The summed E-state index contributed by atoms with van der Waals surface area (Å²) in [6, 6.07) is 8.02. The van der Waals surface area contributed by atoms with E-state index < -0.39 is 18.1 Å². The van der Waals surface area contributed by atoms with E-state index in [2.05, 4.69) is 10.6 Å². The van der Waals surface area contributed by atoms with E-state index in [1.54, 1.807) is 0 Å². The number of hydrogen-bond donors (Lipinski definition) is 2. The molecule has 1 aliphatic rings. The molecular weight excluding hydrogens is 260 g/mol. The van der Waals surface area contributed by atoms with Crippen LogP contribution in [-0.4, -0.2) is 37.0 Å². The number of carbonyl (C=O) groups is 3. The number of hydrogen-bond acceptors (Lipinski definition) is 4. The molecule has 0 saturated carbocycles. The zero-order chi connectivity index (χ0) is 14.5. The topological polar surface area (TPSA) is 84.5 Å². The van der Waals surface area contributed by atoms with Crippen molar-refractivity contribution >= 4 is 17.8 Å². The molecule has 1 aromatic rings. The monoisotopic (exact) mass is 276 g/mol. The van der Waals surface area contributed by atoms with Crippen LogP contribution in [0.1, 0.15) is 12.0 Å². The van der Waals surface area contributed by atoms with Crippen LogP contribution in [0.3, 0.4) is 0 Å². The van der Waals surface area contributed by atoms with E-state index in [4.69, 9.17) is 4.74 Å². The number of methoxy groups -OCH3 is 1. The first-order valence-corrected chi connectivity index (χ1v) is 6.31. The van der Waals surface area contributed by atoms with Crippen molar-refractivity contribution in [3.8, 4) is 0 Å². The van der Waals surface area contributed by atoms with Crippen LogP contribution in [0.5, 0.6) is 0 Å². The number of nitrogens with one attached hydrogen (secondary N) is 2. The second kappa shape index (κ2) is 6.18. The van der Waals surface area contributed by atoms with E-state index in [0.29, 0.717) is 6.42 Å². The van der Waals surface area contributed by atoms with Gasteiger partial charge in [0.25, 0.3) is 0 Å². The average Bonchev–Trinajstić information content (AvgIpc) is 2.43. The smallest absolute Gasteiger partial charge is 0.328 e. The first-order valence-electron chi connectivity index (χ1n) is 6.31. The minimum atomic E-state index is -0.757. The van der Waals surface area contributed by atoms with Crippen LogP contribution in [0.2, 0.25) is 0 Å². The molecule has 2 atom stereocenters. The molecule has 0 aromatic heterocycles. The van der Waals surface area contributed by atoms with Gasteiger partial charge in [-0.15, -0.1) is 0 Å². The molecule has 0 unspecified atom stereocenters. The van der Waals surface area contributed by atoms with Crippen LogP contribution in [0, 0.1) is 0 Å². The first kappa shape index (κ1) is 14.0. The van der Waals surface area contributed by atoms with Crippen LogP contribution < -0.4 is 10.6 Å². The van der Waals surface area contributed by atoms with Gasteiger partial charge in [0.15, 0.2) is 0 Å². The Morgan fingerprint density at radius 1 is 1.40 bits per heavy atom. The van der Waals surface area contributed by atoms with Gasteiger partial charge in [-0.2, -0.15) is 0 Å². The third kappa shape index (κ3) is 3.34. The summed E-state index contributed by atoms with van der Waals surface area (Å²) in [4.78, 5) is 34.4. The van der Waals surface area contributed by atoms with Crippen LogP contribution in [0.25, 0.3) is 0 Å². The molecule has 2 rings (SSSR count). The van der Waals surface area contributed by atoms with Gasteiger partial charge < -0.3 is 15.4 Å². The fourth-order valence-electron chi connectivity index (χ4n) is 1.97. The Balaban J connectivity index is 1.98. The Morgan fingerprint density at radius 2 is 2.05 bits per heavy atom. The van der Waals surface area contributed by atoms with Crippen molar-refractivity contribution in [2.45, 2.75) is 24.9 Å². The Kier molecular flexibility index (Phi) is 4.34. The second-order valence-corrected chi connectivity index (χ2v) is 4.60. The van der Waals surface area contributed by atoms with E-state index in [-0.39, 0.29) is 18.2 Å². The van der Waals surface area contributed by atoms with Gasteiger partial charge in [-0.05, 0) is 5.56 Å². The van der Waals surface area contributed by atoms with Crippen molar-refractivity contribution in [3.63, 3.8) is 0 Å². The quantitative estimate of drug-likeness (QED) is 0.575. The van der Waals surface area contributed by atoms with Crippen LogP contribution in [0.15, 0.2) is 30.3 Å². The average molecular weight is 276 g/mol. The lowest BCUT2D eigenvalue weighted by atomic mass is 10.0. The molecule has 106 valence electrons. The summed E-state index contributed by atoms with van der Waals surface area (Å²) in [7, 11) is 1.28. The third-order valence-electron chi connectivity index (χ3n) is 3.13. The molecule has 1 fully saturated rings. The molecule has 2 N–H and O–H groups in total. The predicted octanol–water partition coefficient (Wildman–Crippen LogP) is -0.225. The summed E-state index contributed by atoms with van der Waals surface area (Å²) in [5, 5.41) is 5.08. The Bertz CT molecular complexity index is 507. The molecule has 1 aliphatic heterocycles. The third-order valence-corrected chi connectivity index (χ3v) is 3.13. The summed E-state index contributed by atoms with van der Waals surface area (Å²) in [6.45, 7) is 0. The molecule has 6 nitrogen and oxygen atoms in total. The largest absolute Gasteiger partial charge is 0.467 e. The molecule has 0 spiro atoms. The Hall–Kier alpha value is -2.37. The maximum atomic E-state index is 11.9. The number of amides is 2. The minimum absolute atomic E-state index is 0.158. The number of esters is 1. The maximum absolute atomic E-state index is 11.9. The summed E-state index contributed by atoms with van der Waals surface area (Å²) < 4.78 is 4.70. The summed E-state index contributed by atoms with van der Waals surface area (Å²) in [6.07, 6.45) is 0.505. The molecule has 6 heteroatoms. The van der Waals surface area contributed by atoms with E-state index in [1.165, 1.54) is 7.11 Å². The summed E-state index contributed by atoms with van der Waals surface area (Å²) >= 11 is 0. The molecule has 1 saturated heterocycles. The van der Waals surface area contributed by atoms with Gasteiger partial charge in [-0.3, -0.25) is 9.59 Å². The first-order chi connectivity index (χ1) is 9.60. The lowest BCUT2D eigenvalue weighted by Gasteiger charge is -2.27. The molecule has 0 bridgehead atoms. The van der Waals surface area contributed by atoms with Crippen molar-refractivity contribution in [2.75, 3.05) is 7.11 Å². The number of β-lactam (4-membered cyclic amide) rings is 1. The molecule has 0 aliphatic carbocycles. The van der Waals surface area contributed by atoms with E-state index >= 15 is 0 Å². The number of carbonyl (C=O) groups excluding carboxylic acids is 3. The van der Waals surface area contributed by atoms with Gasteiger partial charge >= 0.3 is 5.97 Å². The fraction of sp³-hybridized carbons (Fsp3) is 0.357. The normalized spacial score (nSPS) is 18.4. The predicted molar refractivity (Wildman–Crippen MR) is 70.6 cm³/mol. The lowest BCUT2D eigenvalue weighted by molar-refractivity contribution is -0.146. The molecule has 2 amide bonds. The van der Waals surface area contributed by atoms with Gasteiger partial charge in [0.2, 0.25) is 11.8 Å². The Morgan fingerprint density at radius 3 is 2.60 bits per heavy atom. The van der Waals surface area contributed by atoms with E-state index in [9.17, 15) is 14.4 Å². The molecule has 1 aromatic carbocycles. The Labute approximate surface area is 116 Å². The molecule has 0 radical (unpaired) electrons.